The zero-order valence-electron chi connectivity index (χ0n) is 12.0. The highest BCUT2D eigenvalue weighted by Gasteiger charge is 2.42. The molecule has 6 heteroatoms. The van der Waals surface area contributed by atoms with Crippen molar-refractivity contribution in [3.05, 3.63) is 0 Å². The van der Waals surface area contributed by atoms with Crippen molar-refractivity contribution >= 4 is 22.4 Å². The predicted molar refractivity (Wildman–Crippen MR) is 81.2 cm³/mol. The molecule has 1 N–H and O–H groups in total. The van der Waals surface area contributed by atoms with E-state index in [0.717, 1.165) is 45.2 Å². The molecule has 2 heterocycles. The third kappa shape index (κ3) is 3.84. The van der Waals surface area contributed by atoms with Crippen molar-refractivity contribution < 1.29 is 8.42 Å². The zero-order valence-corrected chi connectivity index (χ0v) is 13.6. The quantitative estimate of drug-likeness (QED) is 0.845. The highest BCUT2D eigenvalue weighted by Crippen LogP contribution is 2.32. The Kier molecular flexibility index (Phi) is 6.57. The number of hydrogen-bond donors (Lipinski definition) is 1. The Hall–Kier alpha value is 0.160. The van der Waals surface area contributed by atoms with Crippen LogP contribution in [0, 0.1) is 5.92 Å². The molecule has 2 rings (SSSR count). The molecule has 0 saturated carbocycles. The second-order valence-electron chi connectivity index (χ2n) is 5.67. The van der Waals surface area contributed by atoms with Crippen molar-refractivity contribution in [3.63, 3.8) is 0 Å². The molecule has 0 amide bonds. The van der Waals surface area contributed by atoms with Gasteiger partial charge >= 0.3 is 0 Å². The van der Waals surface area contributed by atoms with Crippen molar-refractivity contribution in [1.82, 2.24) is 9.62 Å². The summed E-state index contributed by atoms with van der Waals surface area (Å²) in [5.74, 6) is 0.651. The van der Waals surface area contributed by atoms with Crippen LogP contribution in [0.25, 0.3) is 0 Å². The standard InChI is InChI=1S/C13H26N2O2S.ClH/c1-3-11(4-2)10-18(16,17)15-12-5-6-13(15)9-14-8-7-12;/h11-14H,3-10H2,1-2H3;1H. The van der Waals surface area contributed by atoms with Gasteiger partial charge in [-0.05, 0) is 31.7 Å². The normalized spacial score (nSPS) is 28.2. The van der Waals surface area contributed by atoms with Gasteiger partial charge in [-0.3, -0.25) is 0 Å². The Bertz CT molecular complexity index is 357. The fourth-order valence-electron chi connectivity index (χ4n) is 3.30. The van der Waals surface area contributed by atoms with E-state index in [2.05, 4.69) is 19.2 Å². The van der Waals surface area contributed by atoms with Crippen LogP contribution in [-0.2, 0) is 10.0 Å². The van der Waals surface area contributed by atoms with Gasteiger partial charge in [0.25, 0.3) is 0 Å². The average Bonchev–Trinajstić information content (AvgIpc) is 2.60. The van der Waals surface area contributed by atoms with E-state index >= 15 is 0 Å². The number of rotatable bonds is 5. The van der Waals surface area contributed by atoms with Crippen molar-refractivity contribution in [2.75, 3.05) is 18.8 Å². The van der Waals surface area contributed by atoms with Crippen LogP contribution in [0.5, 0.6) is 0 Å². The number of nitrogens with one attached hydrogen (secondary N) is 1. The van der Waals surface area contributed by atoms with Crippen molar-refractivity contribution in [1.29, 1.82) is 0 Å². The fraction of sp³-hybridized carbons (Fsp3) is 1.00. The van der Waals surface area contributed by atoms with Crippen molar-refractivity contribution in [2.24, 2.45) is 5.92 Å². The van der Waals surface area contributed by atoms with E-state index < -0.39 is 10.0 Å². The summed E-state index contributed by atoms with van der Waals surface area (Å²) in [6.07, 6.45) is 4.96. The number of nitrogens with zero attached hydrogens (tertiary/aromatic N) is 1. The van der Waals surface area contributed by atoms with Crippen LogP contribution in [-0.4, -0.2) is 43.6 Å². The molecule has 4 nitrogen and oxygen atoms in total. The largest absolute Gasteiger partial charge is 0.315 e. The van der Waals surface area contributed by atoms with Crippen LogP contribution in [0.3, 0.4) is 0 Å². The van der Waals surface area contributed by atoms with Crippen LogP contribution in [0.1, 0.15) is 46.0 Å². The summed E-state index contributed by atoms with van der Waals surface area (Å²) in [5.41, 5.74) is 0. The molecule has 0 aromatic carbocycles. The first kappa shape index (κ1) is 17.2. The monoisotopic (exact) mass is 310 g/mol. The molecule has 0 aliphatic carbocycles. The highest BCUT2D eigenvalue weighted by atomic mass is 35.5. The summed E-state index contributed by atoms with van der Waals surface area (Å²) in [5, 5.41) is 3.36. The molecule has 19 heavy (non-hydrogen) atoms. The molecule has 0 spiro atoms. The molecule has 0 radical (unpaired) electrons. The maximum atomic E-state index is 12.6. The summed E-state index contributed by atoms with van der Waals surface area (Å²) in [4.78, 5) is 0. The summed E-state index contributed by atoms with van der Waals surface area (Å²) in [6.45, 7) is 5.96. The molecule has 2 aliphatic rings. The molecule has 2 fully saturated rings. The zero-order chi connectivity index (χ0) is 13.2. The van der Waals surface area contributed by atoms with E-state index in [1.165, 1.54) is 0 Å². The lowest BCUT2D eigenvalue weighted by Gasteiger charge is -2.28. The summed E-state index contributed by atoms with van der Waals surface area (Å²) >= 11 is 0. The number of halogens is 1. The van der Waals surface area contributed by atoms with Gasteiger partial charge in [-0.25, -0.2) is 8.42 Å². The number of fused-ring (bicyclic) bond motifs is 2. The van der Waals surface area contributed by atoms with E-state index in [4.69, 9.17) is 0 Å². The Labute approximate surface area is 123 Å². The highest BCUT2D eigenvalue weighted by molar-refractivity contribution is 7.89. The second-order valence-corrected chi connectivity index (χ2v) is 7.59. The molecule has 114 valence electrons. The molecule has 0 aromatic heterocycles. The van der Waals surface area contributed by atoms with Crippen LogP contribution in [0.15, 0.2) is 0 Å². The lowest BCUT2D eigenvalue weighted by atomic mass is 10.1. The maximum Gasteiger partial charge on any atom is 0.214 e. The predicted octanol–water partition coefficient (Wildman–Crippen LogP) is 2.00. The minimum absolute atomic E-state index is 0. The minimum atomic E-state index is -3.07. The van der Waals surface area contributed by atoms with Gasteiger partial charge in [0, 0.05) is 18.6 Å². The Morgan fingerprint density at radius 2 is 1.79 bits per heavy atom. The molecule has 2 atom stereocenters. The molecular weight excluding hydrogens is 284 g/mol. The molecule has 2 bridgehead atoms. The average molecular weight is 311 g/mol. The van der Waals surface area contributed by atoms with E-state index in [-0.39, 0.29) is 24.5 Å². The summed E-state index contributed by atoms with van der Waals surface area (Å²) in [6, 6.07) is 0.459. The molecular formula is C13H27ClN2O2S. The lowest BCUT2D eigenvalue weighted by molar-refractivity contribution is 0.330. The first-order valence-electron chi connectivity index (χ1n) is 7.30. The van der Waals surface area contributed by atoms with E-state index in [1.54, 1.807) is 0 Å². The third-order valence-electron chi connectivity index (χ3n) is 4.51. The Balaban J connectivity index is 0.00000180. The van der Waals surface area contributed by atoms with Crippen molar-refractivity contribution in [3.8, 4) is 0 Å². The Morgan fingerprint density at radius 3 is 2.42 bits per heavy atom. The van der Waals surface area contributed by atoms with Crippen LogP contribution in [0.4, 0.5) is 0 Å². The van der Waals surface area contributed by atoms with E-state index in [1.807, 2.05) is 4.31 Å². The van der Waals surface area contributed by atoms with Gasteiger partial charge in [-0.1, -0.05) is 26.7 Å². The minimum Gasteiger partial charge on any atom is -0.315 e. The number of hydrogen-bond acceptors (Lipinski definition) is 3. The van der Waals surface area contributed by atoms with Gasteiger partial charge in [-0.15, -0.1) is 12.4 Å². The third-order valence-corrected chi connectivity index (χ3v) is 6.64. The van der Waals surface area contributed by atoms with Gasteiger partial charge in [-0.2, -0.15) is 4.31 Å². The van der Waals surface area contributed by atoms with Gasteiger partial charge in [0.05, 0.1) is 5.75 Å². The first-order valence-corrected chi connectivity index (χ1v) is 8.91. The molecule has 2 unspecified atom stereocenters. The molecule has 2 saturated heterocycles. The van der Waals surface area contributed by atoms with Gasteiger partial charge < -0.3 is 5.32 Å². The lowest BCUT2D eigenvalue weighted by Crippen LogP contribution is -2.44. The number of sulfonamides is 1. The summed E-state index contributed by atoms with van der Waals surface area (Å²) < 4.78 is 27.1. The van der Waals surface area contributed by atoms with Crippen molar-refractivity contribution in [2.45, 2.75) is 58.0 Å². The SMILES string of the molecule is CCC(CC)CS(=O)(=O)N1C2CCNCC1CC2.Cl. The van der Waals surface area contributed by atoms with Crippen LogP contribution in [0.2, 0.25) is 0 Å². The topological polar surface area (TPSA) is 49.4 Å². The summed E-state index contributed by atoms with van der Waals surface area (Å²) in [7, 11) is -3.07. The van der Waals surface area contributed by atoms with Crippen LogP contribution >= 0.6 is 12.4 Å². The van der Waals surface area contributed by atoms with Gasteiger partial charge in [0.2, 0.25) is 10.0 Å². The first-order chi connectivity index (χ1) is 8.58. The second kappa shape index (κ2) is 7.25. The molecule has 2 aliphatic heterocycles. The molecule has 0 aromatic rings. The Morgan fingerprint density at radius 1 is 1.16 bits per heavy atom. The van der Waals surface area contributed by atoms with E-state index in [9.17, 15) is 8.42 Å². The van der Waals surface area contributed by atoms with Gasteiger partial charge in [0.15, 0.2) is 0 Å². The maximum absolute atomic E-state index is 12.6. The fourth-order valence-corrected chi connectivity index (χ4v) is 5.84. The van der Waals surface area contributed by atoms with Gasteiger partial charge in [0.1, 0.15) is 0 Å². The van der Waals surface area contributed by atoms with E-state index in [0.29, 0.717) is 11.7 Å². The van der Waals surface area contributed by atoms with Crippen LogP contribution < -0.4 is 5.32 Å². The smallest absolute Gasteiger partial charge is 0.214 e.